The van der Waals surface area contributed by atoms with Gasteiger partial charge >= 0.3 is 13.9 Å². The fraction of sp³-hybridized carbons (Fsp3) is 0.455. The highest BCUT2D eigenvalue weighted by molar-refractivity contribution is 7.38. The first-order valence-electron chi connectivity index (χ1n) is 5.22. The summed E-state index contributed by atoms with van der Waals surface area (Å²) < 4.78 is 10.4. The number of hydrogen-bond donors (Lipinski definition) is 3. The van der Waals surface area contributed by atoms with E-state index in [-0.39, 0.29) is 0 Å². The molecule has 0 aliphatic rings. The summed E-state index contributed by atoms with van der Waals surface area (Å²) in [6.07, 6.45) is 0. The van der Waals surface area contributed by atoms with Gasteiger partial charge in [-0.25, -0.2) is 0 Å². The molecule has 0 aliphatic heterocycles. The van der Waals surface area contributed by atoms with Gasteiger partial charge in [0.05, 0.1) is 0 Å². The first-order chi connectivity index (χ1) is 7.63. The fourth-order valence-electron chi connectivity index (χ4n) is 1.00. The zero-order valence-electron chi connectivity index (χ0n) is 9.63. The summed E-state index contributed by atoms with van der Waals surface area (Å²) in [5.41, 5.74) is 0.469. The molecule has 0 amide bonds. The van der Waals surface area contributed by atoms with Crippen molar-refractivity contribution in [1.82, 2.24) is 5.32 Å². The lowest BCUT2D eigenvalue weighted by molar-refractivity contribution is 0.243. The van der Waals surface area contributed by atoms with Crippen LogP contribution in [-0.4, -0.2) is 23.1 Å². The molecule has 3 N–H and O–H groups in total. The van der Waals surface area contributed by atoms with Crippen LogP contribution < -0.4 is 5.32 Å². The molecule has 2 unspecified atom stereocenters. The molecule has 0 saturated heterocycles. The van der Waals surface area contributed by atoms with Crippen LogP contribution in [0.2, 0.25) is 0 Å². The van der Waals surface area contributed by atoms with Crippen molar-refractivity contribution in [1.29, 1.82) is 0 Å². The van der Waals surface area contributed by atoms with E-state index >= 15 is 0 Å². The van der Waals surface area contributed by atoms with E-state index in [0.29, 0.717) is 5.56 Å². The molecule has 0 aromatic heterocycles. The van der Waals surface area contributed by atoms with Crippen LogP contribution in [0.15, 0.2) is 30.3 Å². The number of aliphatic hydroxyl groups is 1. The van der Waals surface area contributed by atoms with Gasteiger partial charge in [0.1, 0.15) is 0 Å². The van der Waals surface area contributed by atoms with Crippen molar-refractivity contribution in [2.45, 2.75) is 19.7 Å². The first-order valence-corrected chi connectivity index (χ1v) is 6.50. The van der Waals surface area contributed by atoms with Gasteiger partial charge in [0.15, 0.2) is 0 Å². The van der Waals surface area contributed by atoms with Crippen LogP contribution in [0, 0.1) is 0 Å². The number of rotatable bonds is 4. The van der Waals surface area contributed by atoms with E-state index in [1.54, 1.807) is 30.3 Å². The van der Waals surface area contributed by atoms with Crippen LogP contribution >= 0.6 is 8.03 Å². The van der Waals surface area contributed by atoms with E-state index in [1.165, 1.54) is 0 Å². The van der Waals surface area contributed by atoms with Crippen molar-refractivity contribution >= 4 is 8.03 Å². The third-order valence-electron chi connectivity index (χ3n) is 1.81. The minimum Gasteiger partial charge on any atom is -0.345 e. The minimum atomic E-state index is -2.53. The second kappa shape index (κ2) is 9.43. The molecular weight excluding hydrogens is 225 g/mol. The molecular formula is C11H19NO3P+. The Morgan fingerprint density at radius 2 is 1.75 bits per heavy atom. The van der Waals surface area contributed by atoms with Gasteiger partial charge in [-0.15, -0.1) is 0 Å². The summed E-state index contributed by atoms with van der Waals surface area (Å²) in [5.74, 6) is -1.26. The Kier molecular flexibility index (Phi) is 8.96. The van der Waals surface area contributed by atoms with Gasteiger partial charge < -0.3 is 10.4 Å². The molecule has 0 spiro atoms. The zero-order valence-corrected chi connectivity index (χ0v) is 10.5. The quantitative estimate of drug-likeness (QED) is 0.709. The van der Waals surface area contributed by atoms with E-state index in [0.717, 1.165) is 13.1 Å². The van der Waals surface area contributed by atoms with Crippen molar-refractivity contribution < 1.29 is 14.6 Å². The van der Waals surface area contributed by atoms with E-state index in [4.69, 9.17) is 10.00 Å². The van der Waals surface area contributed by atoms with Crippen molar-refractivity contribution in [2.75, 3.05) is 13.1 Å². The molecule has 0 heterocycles. The summed E-state index contributed by atoms with van der Waals surface area (Å²) in [7, 11) is -2.53. The molecule has 2 atom stereocenters. The Morgan fingerprint density at radius 3 is 2.06 bits per heavy atom. The highest BCUT2D eigenvalue weighted by Crippen LogP contribution is 2.34. The molecule has 0 saturated carbocycles. The van der Waals surface area contributed by atoms with Crippen LogP contribution in [0.3, 0.4) is 0 Å². The van der Waals surface area contributed by atoms with Gasteiger partial charge in [0, 0.05) is 5.56 Å². The van der Waals surface area contributed by atoms with E-state index < -0.39 is 13.9 Å². The lowest BCUT2D eigenvalue weighted by atomic mass is 10.2. The Morgan fingerprint density at radius 1 is 1.25 bits per heavy atom. The molecule has 0 fully saturated rings. The number of aliphatic hydroxyl groups excluding tert-OH is 1. The van der Waals surface area contributed by atoms with Crippen LogP contribution in [0.4, 0.5) is 0 Å². The minimum absolute atomic E-state index is 0.469. The van der Waals surface area contributed by atoms with Crippen molar-refractivity contribution in [3.8, 4) is 0 Å². The normalized spacial score (nSPS) is 12.4. The summed E-state index contributed by atoms with van der Waals surface area (Å²) >= 11 is 0. The smallest absolute Gasteiger partial charge is 0.345 e. The number of benzene rings is 1. The topological polar surface area (TPSA) is 69.6 Å². The fourth-order valence-corrected chi connectivity index (χ4v) is 1.43. The van der Waals surface area contributed by atoms with Gasteiger partial charge in [-0.05, 0) is 17.7 Å². The zero-order chi connectivity index (χ0) is 12.4. The van der Waals surface area contributed by atoms with Crippen molar-refractivity contribution in [3.63, 3.8) is 0 Å². The third kappa shape index (κ3) is 6.64. The summed E-state index contributed by atoms with van der Waals surface area (Å²) in [6.45, 7) is 6.39. The SMILES string of the molecule is CCNCC.O=[P+](O)C(O)c1ccccc1. The number of nitrogens with one attached hydrogen (secondary N) is 1. The van der Waals surface area contributed by atoms with Crippen molar-refractivity contribution in [3.05, 3.63) is 35.9 Å². The van der Waals surface area contributed by atoms with Gasteiger partial charge in [-0.3, -0.25) is 0 Å². The summed E-state index contributed by atoms with van der Waals surface area (Å²) in [5, 5.41) is 12.2. The summed E-state index contributed by atoms with van der Waals surface area (Å²) in [6, 6.07) is 8.40. The maximum Gasteiger partial charge on any atom is 0.542 e. The van der Waals surface area contributed by atoms with E-state index in [9.17, 15) is 4.57 Å². The molecule has 0 aliphatic carbocycles. The highest BCUT2D eigenvalue weighted by atomic mass is 31.1. The average Bonchev–Trinajstić information content (AvgIpc) is 2.31. The molecule has 16 heavy (non-hydrogen) atoms. The maximum absolute atomic E-state index is 10.4. The van der Waals surface area contributed by atoms with E-state index in [1.807, 2.05) is 0 Å². The predicted molar refractivity (Wildman–Crippen MR) is 65.4 cm³/mol. The van der Waals surface area contributed by atoms with Gasteiger partial charge in [-0.1, -0.05) is 44.2 Å². The first kappa shape index (κ1) is 15.2. The molecule has 0 bridgehead atoms. The molecule has 5 heteroatoms. The van der Waals surface area contributed by atoms with Crippen LogP contribution in [0.5, 0.6) is 0 Å². The number of hydrogen-bond acceptors (Lipinski definition) is 3. The van der Waals surface area contributed by atoms with Gasteiger partial charge in [0.25, 0.3) is 0 Å². The van der Waals surface area contributed by atoms with E-state index in [2.05, 4.69) is 19.2 Å². The Bertz CT molecular complexity index is 291. The molecule has 90 valence electrons. The lowest BCUT2D eigenvalue weighted by Crippen LogP contribution is -2.09. The maximum atomic E-state index is 10.4. The monoisotopic (exact) mass is 244 g/mol. The standard InChI is InChI=1S/C7H7O3P.C4H11N/c8-7(11(9)10)6-4-2-1-3-5-6;1-3-5-4-2/h1-5,7-8H;5H,3-4H2,1-2H3/p+1. The van der Waals surface area contributed by atoms with Crippen LogP contribution in [0.1, 0.15) is 25.3 Å². The molecule has 4 nitrogen and oxygen atoms in total. The van der Waals surface area contributed by atoms with Gasteiger partial charge in [0.2, 0.25) is 0 Å². The van der Waals surface area contributed by atoms with Gasteiger partial charge in [-0.2, -0.15) is 4.89 Å². The molecule has 0 radical (unpaired) electrons. The Balaban J connectivity index is 0.000000385. The largest absolute Gasteiger partial charge is 0.542 e. The predicted octanol–water partition coefficient (Wildman–Crippen LogP) is 2.03. The van der Waals surface area contributed by atoms with Crippen LogP contribution in [0.25, 0.3) is 0 Å². The molecule has 1 rings (SSSR count). The molecule has 1 aromatic rings. The molecule has 1 aromatic carbocycles. The average molecular weight is 244 g/mol. The third-order valence-corrected chi connectivity index (χ3v) is 2.52. The Hall–Kier alpha value is -0.800. The second-order valence-electron chi connectivity index (χ2n) is 3.04. The second-order valence-corrected chi connectivity index (χ2v) is 4.14. The Labute approximate surface area is 97.2 Å². The lowest BCUT2D eigenvalue weighted by Gasteiger charge is -1.94. The van der Waals surface area contributed by atoms with Crippen molar-refractivity contribution in [2.24, 2.45) is 0 Å². The summed E-state index contributed by atoms with van der Waals surface area (Å²) in [4.78, 5) is 8.53. The van der Waals surface area contributed by atoms with Crippen LogP contribution in [-0.2, 0) is 4.57 Å². The highest BCUT2D eigenvalue weighted by Gasteiger charge is 2.27.